The number of anilines is 3. The van der Waals surface area contributed by atoms with E-state index in [1.807, 2.05) is 34.0 Å². The fraction of sp³-hybridized carbons (Fsp3) is 0.303. The molecule has 0 aliphatic carbocycles. The number of fused-ring (bicyclic) bond motifs is 1. The Kier molecular flexibility index (Phi) is 7.42. The summed E-state index contributed by atoms with van der Waals surface area (Å²) in [6.45, 7) is 8.86. The van der Waals surface area contributed by atoms with Gasteiger partial charge in [0.15, 0.2) is 5.65 Å². The molecule has 2 aliphatic heterocycles. The standard InChI is InChI=1S/C33H36N8O2/c1-24-5-7-25(8-6-24)23-41-32-30(22-34-41)36-31(37-32)26-9-11-28(12-10-26)38-13-15-40(16-14-38)33(42)35-27-3-2-4-29(21-27)39-17-19-43-20-18-39/h2-12,21-22H,13-20,23H2,1H3,(H,35,42)(H,36,37). The number of ether oxygens (including phenoxy) is 1. The average molecular weight is 577 g/mol. The highest BCUT2D eigenvalue weighted by atomic mass is 16.5. The number of H-pyrrole nitrogens is 1. The van der Waals surface area contributed by atoms with E-state index in [0.29, 0.717) is 19.6 Å². The second-order valence-electron chi connectivity index (χ2n) is 11.2. The van der Waals surface area contributed by atoms with Gasteiger partial charge in [-0.25, -0.2) is 14.5 Å². The van der Waals surface area contributed by atoms with E-state index >= 15 is 0 Å². The van der Waals surface area contributed by atoms with Gasteiger partial charge in [-0.2, -0.15) is 5.10 Å². The lowest BCUT2D eigenvalue weighted by Gasteiger charge is -2.36. The number of carbonyl (C=O) groups is 1. The fourth-order valence-electron chi connectivity index (χ4n) is 5.77. The molecule has 2 fully saturated rings. The van der Waals surface area contributed by atoms with Crippen LogP contribution in [0.3, 0.4) is 0 Å². The van der Waals surface area contributed by atoms with Gasteiger partial charge in [0.1, 0.15) is 11.3 Å². The number of hydrogen-bond donors (Lipinski definition) is 2. The molecule has 220 valence electrons. The molecule has 10 heteroatoms. The number of carbonyl (C=O) groups excluding carboxylic acids is 1. The highest BCUT2D eigenvalue weighted by Gasteiger charge is 2.22. The largest absolute Gasteiger partial charge is 0.378 e. The Hall–Kier alpha value is -4.83. The van der Waals surface area contributed by atoms with Gasteiger partial charge in [0.2, 0.25) is 0 Å². The smallest absolute Gasteiger partial charge is 0.321 e. The van der Waals surface area contributed by atoms with E-state index < -0.39 is 0 Å². The number of rotatable bonds is 6. The van der Waals surface area contributed by atoms with Crippen molar-refractivity contribution >= 4 is 34.3 Å². The van der Waals surface area contributed by atoms with Gasteiger partial charge in [-0.15, -0.1) is 0 Å². The number of benzene rings is 3. The first-order valence-corrected chi connectivity index (χ1v) is 14.9. The number of urea groups is 1. The second-order valence-corrected chi connectivity index (χ2v) is 11.2. The lowest BCUT2D eigenvalue weighted by atomic mass is 10.1. The normalized spacial score (nSPS) is 15.7. The maximum Gasteiger partial charge on any atom is 0.321 e. The zero-order valence-corrected chi connectivity index (χ0v) is 24.4. The molecular formula is C33H36N8O2. The summed E-state index contributed by atoms with van der Waals surface area (Å²) in [6.07, 6.45) is 1.84. The summed E-state index contributed by atoms with van der Waals surface area (Å²) in [4.78, 5) is 27.8. The van der Waals surface area contributed by atoms with E-state index in [1.165, 1.54) is 11.1 Å². The monoisotopic (exact) mass is 576 g/mol. The van der Waals surface area contributed by atoms with Crippen LogP contribution in [-0.2, 0) is 11.3 Å². The minimum atomic E-state index is -0.0556. The number of aromatic nitrogens is 4. The number of imidazole rings is 1. The highest BCUT2D eigenvalue weighted by molar-refractivity contribution is 5.90. The van der Waals surface area contributed by atoms with Crippen LogP contribution < -0.4 is 15.1 Å². The molecule has 4 heterocycles. The number of aryl methyl sites for hydroxylation is 1. The number of morpholine rings is 1. The molecule has 3 aromatic carbocycles. The van der Waals surface area contributed by atoms with Crippen LogP contribution in [0.25, 0.3) is 22.6 Å². The van der Waals surface area contributed by atoms with Crippen LogP contribution in [0.5, 0.6) is 0 Å². The first kappa shape index (κ1) is 27.0. The first-order chi connectivity index (χ1) is 21.1. The quantitative estimate of drug-likeness (QED) is 0.296. The molecule has 0 saturated carbocycles. The van der Waals surface area contributed by atoms with Gasteiger partial charge >= 0.3 is 6.03 Å². The Morgan fingerprint density at radius 3 is 2.40 bits per heavy atom. The number of amides is 2. The maximum atomic E-state index is 13.0. The Morgan fingerprint density at radius 2 is 1.63 bits per heavy atom. The lowest BCUT2D eigenvalue weighted by Crippen LogP contribution is -2.50. The number of hydrogen-bond acceptors (Lipinski definition) is 6. The molecule has 0 atom stereocenters. The van der Waals surface area contributed by atoms with Crippen LogP contribution in [0.1, 0.15) is 11.1 Å². The number of piperazine rings is 1. The summed E-state index contributed by atoms with van der Waals surface area (Å²) in [6, 6.07) is 25.0. The molecule has 10 nitrogen and oxygen atoms in total. The summed E-state index contributed by atoms with van der Waals surface area (Å²) in [5.74, 6) is 0.829. The van der Waals surface area contributed by atoms with Gasteiger partial charge in [-0.3, -0.25) is 0 Å². The van der Waals surface area contributed by atoms with Gasteiger partial charge in [0.05, 0.1) is 26.0 Å². The van der Waals surface area contributed by atoms with Crippen LogP contribution in [-0.4, -0.2) is 83.2 Å². The molecule has 7 rings (SSSR count). The van der Waals surface area contributed by atoms with Crippen molar-refractivity contribution in [1.29, 1.82) is 0 Å². The van der Waals surface area contributed by atoms with E-state index in [2.05, 4.69) is 86.7 Å². The van der Waals surface area contributed by atoms with Crippen molar-refractivity contribution in [1.82, 2.24) is 24.6 Å². The van der Waals surface area contributed by atoms with E-state index in [0.717, 1.165) is 79.0 Å². The van der Waals surface area contributed by atoms with E-state index in [1.54, 1.807) is 0 Å². The predicted octanol–water partition coefficient (Wildman–Crippen LogP) is 4.97. The molecule has 43 heavy (non-hydrogen) atoms. The molecule has 0 spiro atoms. The molecule has 2 amide bonds. The van der Waals surface area contributed by atoms with Crippen LogP contribution in [0.4, 0.5) is 21.9 Å². The van der Waals surface area contributed by atoms with E-state index in [-0.39, 0.29) is 6.03 Å². The third kappa shape index (κ3) is 5.91. The summed E-state index contributed by atoms with van der Waals surface area (Å²) < 4.78 is 7.40. The SMILES string of the molecule is Cc1ccc(Cn2ncc3[nH]c(-c4ccc(N5CCN(C(=O)Nc6cccc(N7CCOCC7)c6)CC5)cc4)nc32)cc1. The lowest BCUT2D eigenvalue weighted by molar-refractivity contribution is 0.122. The zero-order valence-electron chi connectivity index (χ0n) is 24.4. The van der Waals surface area contributed by atoms with Gasteiger partial charge < -0.3 is 29.7 Å². The minimum Gasteiger partial charge on any atom is -0.378 e. The van der Waals surface area contributed by atoms with Crippen molar-refractivity contribution in [2.45, 2.75) is 13.5 Å². The topological polar surface area (TPSA) is 94.5 Å². The first-order valence-electron chi connectivity index (χ1n) is 14.9. The molecule has 5 aromatic rings. The summed E-state index contributed by atoms with van der Waals surface area (Å²) >= 11 is 0. The number of nitrogens with zero attached hydrogens (tertiary/aromatic N) is 6. The molecule has 0 radical (unpaired) electrons. The third-order valence-corrected chi connectivity index (χ3v) is 8.28. The Labute approximate surface area is 250 Å². The third-order valence-electron chi connectivity index (χ3n) is 8.28. The summed E-state index contributed by atoms with van der Waals surface area (Å²) in [7, 11) is 0. The number of aromatic amines is 1. The van der Waals surface area contributed by atoms with Gasteiger partial charge in [0, 0.05) is 61.9 Å². The van der Waals surface area contributed by atoms with Crippen molar-refractivity contribution in [2.24, 2.45) is 0 Å². The van der Waals surface area contributed by atoms with Crippen molar-refractivity contribution < 1.29 is 9.53 Å². The molecular weight excluding hydrogens is 540 g/mol. The van der Waals surface area contributed by atoms with Crippen molar-refractivity contribution in [2.75, 3.05) is 67.6 Å². The maximum absolute atomic E-state index is 13.0. The summed E-state index contributed by atoms with van der Waals surface area (Å²) in [5, 5.41) is 7.62. The van der Waals surface area contributed by atoms with Crippen LogP contribution in [0, 0.1) is 6.92 Å². The van der Waals surface area contributed by atoms with Crippen LogP contribution >= 0.6 is 0 Å². The molecule has 0 unspecified atom stereocenters. The molecule has 2 aliphatic rings. The van der Waals surface area contributed by atoms with E-state index in [4.69, 9.17) is 9.72 Å². The van der Waals surface area contributed by atoms with E-state index in [9.17, 15) is 4.79 Å². The highest BCUT2D eigenvalue weighted by Crippen LogP contribution is 2.25. The fourth-order valence-corrected chi connectivity index (χ4v) is 5.77. The van der Waals surface area contributed by atoms with Crippen molar-refractivity contribution in [3.63, 3.8) is 0 Å². The van der Waals surface area contributed by atoms with Crippen LogP contribution in [0.15, 0.2) is 79.0 Å². The Morgan fingerprint density at radius 1 is 0.884 bits per heavy atom. The van der Waals surface area contributed by atoms with Gasteiger partial charge in [0.25, 0.3) is 0 Å². The zero-order chi connectivity index (χ0) is 29.2. The van der Waals surface area contributed by atoms with Gasteiger partial charge in [-0.1, -0.05) is 35.9 Å². The Balaban J connectivity index is 0.952. The molecule has 2 aromatic heterocycles. The van der Waals surface area contributed by atoms with Crippen LogP contribution in [0.2, 0.25) is 0 Å². The Bertz CT molecular complexity index is 1700. The predicted molar refractivity (Wildman–Crippen MR) is 170 cm³/mol. The molecule has 0 bridgehead atoms. The minimum absolute atomic E-state index is 0.0556. The average Bonchev–Trinajstić information content (AvgIpc) is 3.65. The van der Waals surface area contributed by atoms with Gasteiger partial charge in [-0.05, 0) is 55.0 Å². The molecule has 2 N–H and O–H groups in total. The molecule has 2 saturated heterocycles. The summed E-state index contributed by atoms with van der Waals surface area (Å²) in [5.41, 5.74) is 8.31. The second kappa shape index (κ2) is 11.8. The number of nitrogens with one attached hydrogen (secondary N) is 2. The van der Waals surface area contributed by atoms with Crippen molar-refractivity contribution in [3.8, 4) is 11.4 Å². The van der Waals surface area contributed by atoms with Crippen molar-refractivity contribution in [3.05, 3.63) is 90.1 Å².